The SMILES string of the molecule is [Br-].[Br-].[Zr+2][CH]1CCC2CC=CC=C12. The summed E-state index contributed by atoms with van der Waals surface area (Å²) in [5.41, 5.74) is 1.75. The first-order valence-electron chi connectivity index (χ1n) is 3.95. The summed E-state index contributed by atoms with van der Waals surface area (Å²) >= 11 is 1.72. The van der Waals surface area contributed by atoms with Gasteiger partial charge in [-0.05, 0) is 0 Å². The zero-order chi connectivity index (χ0) is 6.97. The Hall–Kier alpha value is 1.32. The molecule has 12 heavy (non-hydrogen) atoms. The zero-order valence-corrected chi connectivity index (χ0v) is 12.4. The van der Waals surface area contributed by atoms with Crippen molar-refractivity contribution < 1.29 is 58.7 Å². The molecule has 0 aromatic rings. The summed E-state index contributed by atoms with van der Waals surface area (Å²) < 4.78 is 0.960. The number of allylic oxidation sites excluding steroid dienone is 4. The molecule has 3 heteroatoms. The molecule has 2 unspecified atom stereocenters. The van der Waals surface area contributed by atoms with Gasteiger partial charge in [-0.15, -0.1) is 0 Å². The van der Waals surface area contributed by atoms with Crippen LogP contribution in [0.25, 0.3) is 0 Å². The molecule has 0 aromatic carbocycles. The standard InChI is InChI=1S/C9H11.2BrH.Zr/c1-2-5-9-7-3-6-8(9)4-1;;;/h1-2,4,6,9H,3,5,7H2;2*1H;/q;;;+2/p-2. The quantitative estimate of drug-likeness (QED) is 0.418. The fraction of sp³-hybridized carbons (Fsp3) is 0.556. The summed E-state index contributed by atoms with van der Waals surface area (Å²) in [4.78, 5) is 0. The summed E-state index contributed by atoms with van der Waals surface area (Å²) in [6.45, 7) is 0. The molecule has 0 amide bonds. The van der Waals surface area contributed by atoms with Gasteiger partial charge in [0.05, 0.1) is 0 Å². The second kappa shape index (κ2) is 5.93. The van der Waals surface area contributed by atoms with E-state index in [1.54, 1.807) is 30.3 Å². The van der Waals surface area contributed by atoms with Gasteiger partial charge < -0.3 is 34.0 Å². The van der Waals surface area contributed by atoms with Crippen LogP contribution in [-0.2, 0) is 24.7 Å². The Morgan fingerprint density at radius 3 is 2.67 bits per heavy atom. The molecular weight excluding hydrogens is 359 g/mol. The Labute approximate surface area is 110 Å². The molecule has 2 rings (SSSR count). The molecule has 0 heterocycles. The first-order valence-corrected chi connectivity index (χ1v) is 5.37. The number of rotatable bonds is 0. The number of fused-ring (bicyclic) bond motifs is 1. The Balaban J connectivity index is 0.000000605. The van der Waals surface area contributed by atoms with Crippen molar-refractivity contribution in [2.45, 2.75) is 22.9 Å². The van der Waals surface area contributed by atoms with Crippen molar-refractivity contribution in [3.63, 3.8) is 0 Å². The fourth-order valence-electron chi connectivity index (χ4n) is 1.91. The monoisotopic (exact) mass is 367 g/mol. The van der Waals surface area contributed by atoms with Crippen LogP contribution in [0.15, 0.2) is 23.8 Å². The van der Waals surface area contributed by atoms with Gasteiger partial charge in [-0.2, -0.15) is 0 Å². The summed E-state index contributed by atoms with van der Waals surface area (Å²) in [6.07, 6.45) is 11.1. The maximum absolute atomic E-state index is 2.35. The van der Waals surface area contributed by atoms with E-state index in [9.17, 15) is 0 Å². The molecule has 0 bridgehead atoms. The van der Waals surface area contributed by atoms with Gasteiger partial charge in [0, 0.05) is 0 Å². The molecule has 2 aliphatic carbocycles. The predicted molar refractivity (Wildman–Crippen MR) is 38.3 cm³/mol. The van der Waals surface area contributed by atoms with E-state index < -0.39 is 0 Å². The minimum absolute atomic E-state index is 0. The molecule has 0 spiro atoms. The van der Waals surface area contributed by atoms with Crippen molar-refractivity contribution in [2.24, 2.45) is 5.92 Å². The van der Waals surface area contributed by atoms with E-state index >= 15 is 0 Å². The van der Waals surface area contributed by atoms with E-state index in [4.69, 9.17) is 0 Å². The first-order chi connectivity index (χ1) is 4.88. The molecule has 0 aliphatic heterocycles. The van der Waals surface area contributed by atoms with Gasteiger partial charge in [-0.25, -0.2) is 0 Å². The zero-order valence-electron chi connectivity index (χ0n) is 6.76. The third-order valence-corrected chi connectivity index (χ3v) is 4.05. The Kier molecular flexibility index (Phi) is 6.58. The van der Waals surface area contributed by atoms with Crippen LogP contribution in [0.1, 0.15) is 19.3 Å². The molecule has 0 N–H and O–H groups in total. The Morgan fingerprint density at radius 2 is 2.00 bits per heavy atom. The molecule has 0 saturated heterocycles. The van der Waals surface area contributed by atoms with Gasteiger partial charge in [0.25, 0.3) is 0 Å². The van der Waals surface area contributed by atoms with Crippen molar-refractivity contribution in [1.29, 1.82) is 0 Å². The normalized spacial score (nSPS) is 31.3. The summed E-state index contributed by atoms with van der Waals surface area (Å²) in [5.74, 6) is 0.939. The van der Waals surface area contributed by atoms with Crippen LogP contribution in [-0.4, -0.2) is 0 Å². The van der Waals surface area contributed by atoms with Crippen molar-refractivity contribution in [3.8, 4) is 0 Å². The van der Waals surface area contributed by atoms with E-state index in [1.165, 1.54) is 19.3 Å². The van der Waals surface area contributed by atoms with Gasteiger partial charge >= 0.3 is 77.3 Å². The third-order valence-electron chi connectivity index (χ3n) is 2.52. The molecule has 1 fully saturated rings. The van der Waals surface area contributed by atoms with Gasteiger partial charge in [-0.1, -0.05) is 0 Å². The summed E-state index contributed by atoms with van der Waals surface area (Å²) in [5, 5.41) is 0. The van der Waals surface area contributed by atoms with Crippen molar-refractivity contribution >= 4 is 0 Å². The molecule has 0 aromatic heterocycles. The van der Waals surface area contributed by atoms with Crippen LogP contribution in [0, 0.1) is 5.92 Å². The van der Waals surface area contributed by atoms with E-state index in [0.29, 0.717) is 0 Å². The average molecular weight is 370 g/mol. The van der Waals surface area contributed by atoms with E-state index in [1.807, 2.05) is 0 Å². The topological polar surface area (TPSA) is 0 Å². The van der Waals surface area contributed by atoms with Gasteiger partial charge in [-0.3, -0.25) is 0 Å². The molecule has 65 valence electrons. The van der Waals surface area contributed by atoms with Crippen LogP contribution in [0.5, 0.6) is 0 Å². The minimum atomic E-state index is 0. The maximum atomic E-state index is 2.35. The molecule has 2 atom stereocenters. The first kappa shape index (κ1) is 13.3. The number of hydrogen-bond donors (Lipinski definition) is 0. The van der Waals surface area contributed by atoms with Gasteiger partial charge in [0.15, 0.2) is 0 Å². The van der Waals surface area contributed by atoms with Gasteiger partial charge in [0.2, 0.25) is 0 Å². The van der Waals surface area contributed by atoms with Crippen LogP contribution in [0.3, 0.4) is 0 Å². The Morgan fingerprint density at radius 1 is 1.25 bits per heavy atom. The molecular formula is C9H11Br2Zr. The van der Waals surface area contributed by atoms with E-state index in [0.717, 1.165) is 9.54 Å². The fourth-order valence-corrected chi connectivity index (χ4v) is 3.14. The molecule has 2 aliphatic rings. The van der Waals surface area contributed by atoms with Crippen molar-refractivity contribution in [2.75, 3.05) is 0 Å². The van der Waals surface area contributed by atoms with Crippen molar-refractivity contribution in [3.05, 3.63) is 23.8 Å². The molecule has 0 nitrogen and oxygen atoms in total. The molecule has 0 radical (unpaired) electrons. The second-order valence-corrected chi connectivity index (χ2v) is 4.87. The van der Waals surface area contributed by atoms with Crippen LogP contribution in [0.4, 0.5) is 0 Å². The van der Waals surface area contributed by atoms with Crippen LogP contribution in [0.2, 0.25) is 3.63 Å². The average Bonchev–Trinajstić information content (AvgIpc) is 2.34. The molecule has 1 saturated carbocycles. The number of hydrogen-bond acceptors (Lipinski definition) is 0. The second-order valence-electron chi connectivity index (χ2n) is 3.16. The summed E-state index contributed by atoms with van der Waals surface area (Å²) in [6, 6.07) is 0. The number of halogens is 2. The van der Waals surface area contributed by atoms with E-state index in [-0.39, 0.29) is 34.0 Å². The van der Waals surface area contributed by atoms with Gasteiger partial charge in [0.1, 0.15) is 0 Å². The Bertz CT molecular complexity index is 199. The van der Waals surface area contributed by atoms with E-state index in [2.05, 4.69) is 18.2 Å². The van der Waals surface area contributed by atoms with Crippen LogP contribution >= 0.6 is 0 Å². The predicted octanol–water partition coefficient (Wildman–Crippen LogP) is -3.37. The van der Waals surface area contributed by atoms with Crippen molar-refractivity contribution in [1.82, 2.24) is 0 Å². The van der Waals surface area contributed by atoms with Crippen LogP contribution < -0.4 is 34.0 Å². The third kappa shape index (κ3) is 2.65. The summed E-state index contributed by atoms with van der Waals surface area (Å²) in [7, 11) is 0.